The largest absolute Gasteiger partial charge is 0.325 e. The Morgan fingerprint density at radius 2 is 2.00 bits per heavy atom. The van der Waals surface area contributed by atoms with Gasteiger partial charge in [-0.1, -0.05) is 31.6 Å². The number of nitro groups is 1. The molecule has 22 heavy (non-hydrogen) atoms. The van der Waals surface area contributed by atoms with Crippen LogP contribution in [0.4, 0.5) is 11.4 Å². The molecule has 1 aliphatic carbocycles. The summed E-state index contributed by atoms with van der Waals surface area (Å²) >= 11 is 0. The molecule has 2 unspecified atom stereocenters. The molecule has 0 aromatic heterocycles. The van der Waals surface area contributed by atoms with E-state index >= 15 is 0 Å². The van der Waals surface area contributed by atoms with Crippen molar-refractivity contribution in [3.8, 4) is 0 Å². The van der Waals surface area contributed by atoms with E-state index in [4.69, 9.17) is 0 Å². The molecule has 1 N–H and O–H groups in total. The van der Waals surface area contributed by atoms with E-state index < -0.39 is 4.92 Å². The molecule has 1 amide bonds. The van der Waals surface area contributed by atoms with Crippen LogP contribution in [0.2, 0.25) is 0 Å². The number of nitrogens with zero attached hydrogens (tertiary/aromatic N) is 1. The van der Waals surface area contributed by atoms with E-state index in [1.807, 2.05) is 13.8 Å². The Morgan fingerprint density at radius 1 is 1.36 bits per heavy atom. The fourth-order valence-corrected chi connectivity index (χ4v) is 3.02. The van der Waals surface area contributed by atoms with Gasteiger partial charge in [0.2, 0.25) is 5.91 Å². The van der Waals surface area contributed by atoms with Gasteiger partial charge in [-0.25, -0.2) is 0 Å². The summed E-state index contributed by atoms with van der Waals surface area (Å²) in [4.78, 5) is 23.0. The molecule has 0 aliphatic heterocycles. The minimum atomic E-state index is -0.433. The van der Waals surface area contributed by atoms with E-state index in [9.17, 15) is 14.9 Å². The van der Waals surface area contributed by atoms with Gasteiger partial charge in [0.1, 0.15) is 0 Å². The van der Waals surface area contributed by atoms with Gasteiger partial charge in [-0.05, 0) is 38.2 Å². The van der Waals surface area contributed by atoms with Crippen molar-refractivity contribution in [2.75, 3.05) is 5.32 Å². The van der Waals surface area contributed by atoms with E-state index in [0.717, 1.165) is 0 Å². The van der Waals surface area contributed by atoms with Crippen LogP contribution in [0.25, 0.3) is 0 Å². The summed E-state index contributed by atoms with van der Waals surface area (Å²) < 4.78 is 0. The molecule has 0 bridgehead atoms. The van der Waals surface area contributed by atoms with Gasteiger partial charge in [0.05, 0.1) is 22.1 Å². The van der Waals surface area contributed by atoms with E-state index in [0.29, 0.717) is 11.3 Å². The molecule has 1 fully saturated rings. The SMILES string of the molecule is CC(C)=CC1C(C(=O)Nc2cccc([N+](=O)[O-])c2C)C1(C)C. The average Bonchev–Trinajstić information content (AvgIpc) is 2.92. The number of hydrogen-bond acceptors (Lipinski definition) is 3. The fraction of sp³-hybridized carbons (Fsp3) is 0.471. The lowest BCUT2D eigenvalue weighted by Gasteiger charge is -2.09. The molecule has 1 aromatic carbocycles. The number of anilines is 1. The first kappa shape index (κ1) is 16.2. The Labute approximate surface area is 130 Å². The molecule has 1 aliphatic rings. The Kier molecular flexibility index (Phi) is 4.09. The van der Waals surface area contributed by atoms with E-state index in [1.54, 1.807) is 19.1 Å². The van der Waals surface area contributed by atoms with Crippen LogP contribution in [-0.4, -0.2) is 10.8 Å². The summed E-state index contributed by atoms with van der Waals surface area (Å²) in [6, 6.07) is 4.73. The average molecular weight is 302 g/mol. The molecular weight excluding hydrogens is 280 g/mol. The van der Waals surface area contributed by atoms with Crippen molar-refractivity contribution in [2.24, 2.45) is 17.3 Å². The molecule has 0 heterocycles. The lowest BCUT2D eigenvalue weighted by molar-refractivity contribution is -0.385. The Balaban J connectivity index is 2.19. The molecule has 1 saturated carbocycles. The molecule has 2 atom stereocenters. The maximum atomic E-state index is 12.5. The third-order valence-corrected chi connectivity index (χ3v) is 4.47. The highest BCUT2D eigenvalue weighted by molar-refractivity contribution is 5.96. The molecule has 2 rings (SSSR count). The second-order valence-electron chi connectivity index (χ2n) is 6.76. The fourth-order valence-electron chi connectivity index (χ4n) is 3.02. The molecular formula is C17H22N2O3. The van der Waals surface area contributed by atoms with Gasteiger partial charge in [-0.3, -0.25) is 14.9 Å². The first-order valence-electron chi connectivity index (χ1n) is 7.36. The van der Waals surface area contributed by atoms with Crippen LogP contribution in [-0.2, 0) is 4.79 Å². The number of allylic oxidation sites excluding steroid dienone is 2. The molecule has 0 saturated heterocycles. The second kappa shape index (κ2) is 5.55. The Bertz CT molecular complexity index is 658. The predicted molar refractivity (Wildman–Crippen MR) is 86.7 cm³/mol. The Morgan fingerprint density at radius 3 is 2.55 bits per heavy atom. The highest BCUT2D eigenvalue weighted by Gasteiger charge is 2.60. The van der Waals surface area contributed by atoms with Crippen molar-refractivity contribution >= 4 is 17.3 Å². The van der Waals surface area contributed by atoms with Crippen LogP contribution in [0.3, 0.4) is 0 Å². The van der Waals surface area contributed by atoms with Crippen molar-refractivity contribution in [3.05, 3.63) is 45.5 Å². The van der Waals surface area contributed by atoms with Crippen molar-refractivity contribution in [2.45, 2.75) is 34.6 Å². The highest BCUT2D eigenvalue weighted by Crippen LogP contribution is 2.59. The minimum absolute atomic E-state index is 0.0219. The number of rotatable bonds is 4. The summed E-state index contributed by atoms with van der Waals surface area (Å²) in [5.41, 5.74) is 2.14. The zero-order valence-corrected chi connectivity index (χ0v) is 13.6. The van der Waals surface area contributed by atoms with Gasteiger partial charge in [0.25, 0.3) is 5.69 Å². The topological polar surface area (TPSA) is 72.2 Å². The maximum absolute atomic E-state index is 12.5. The number of carbonyl (C=O) groups is 1. The van der Waals surface area contributed by atoms with Crippen LogP contribution in [0.15, 0.2) is 29.8 Å². The van der Waals surface area contributed by atoms with Gasteiger partial charge in [0.15, 0.2) is 0 Å². The number of nitrogens with one attached hydrogen (secondary N) is 1. The number of amides is 1. The third kappa shape index (κ3) is 2.89. The second-order valence-corrected chi connectivity index (χ2v) is 6.76. The van der Waals surface area contributed by atoms with E-state index in [-0.39, 0.29) is 28.8 Å². The zero-order chi connectivity index (χ0) is 16.7. The van der Waals surface area contributed by atoms with Crippen molar-refractivity contribution in [1.29, 1.82) is 0 Å². The Hall–Kier alpha value is -2.17. The highest BCUT2D eigenvalue weighted by atomic mass is 16.6. The minimum Gasteiger partial charge on any atom is -0.325 e. The van der Waals surface area contributed by atoms with E-state index in [1.165, 1.54) is 11.6 Å². The van der Waals surface area contributed by atoms with E-state index in [2.05, 4.69) is 25.2 Å². The smallest absolute Gasteiger partial charge is 0.274 e. The lowest BCUT2D eigenvalue weighted by Crippen LogP contribution is -2.17. The predicted octanol–water partition coefficient (Wildman–Crippen LogP) is 4.08. The van der Waals surface area contributed by atoms with Crippen LogP contribution < -0.4 is 5.32 Å². The summed E-state index contributed by atoms with van der Waals surface area (Å²) in [6.45, 7) is 9.84. The molecule has 1 aromatic rings. The van der Waals surface area contributed by atoms with Gasteiger partial charge >= 0.3 is 0 Å². The lowest BCUT2D eigenvalue weighted by atomic mass is 10.1. The number of benzene rings is 1. The standard InChI is InChI=1S/C17H22N2O3/c1-10(2)9-12-15(17(12,4)5)16(20)18-13-7-6-8-14(11(13)3)19(21)22/h6-9,12,15H,1-5H3,(H,18,20). The van der Waals surface area contributed by atoms with Crippen molar-refractivity contribution in [1.82, 2.24) is 0 Å². The number of carbonyl (C=O) groups excluding carboxylic acids is 1. The number of hydrogen-bond donors (Lipinski definition) is 1. The van der Waals surface area contributed by atoms with Gasteiger partial charge in [0, 0.05) is 6.07 Å². The van der Waals surface area contributed by atoms with Crippen molar-refractivity contribution < 1.29 is 9.72 Å². The van der Waals surface area contributed by atoms with Crippen LogP contribution >= 0.6 is 0 Å². The van der Waals surface area contributed by atoms with Crippen LogP contribution in [0.5, 0.6) is 0 Å². The first-order valence-corrected chi connectivity index (χ1v) is 7.36. The molecule has 5 heteroatoms. The summed E-state index contributed by atoms with van der Waals surface area (Å²) in [5, 5.41) is 13.8. The van der Waals surface area contributed by atoms with Gasteiger partial charge < -0.3 is 5.32 Å². The normalized spacial score (nSPS) is 21.9. The first-order chi connectivity index (χ1) is 10.2. The summed E-state index contributed by atoms with van der Waals surface area (Å²) in [6.07, 6.45) is 2.13. The quantitative estimate of drug-likeness (QED) is 0.517. The molecule has 0 radical (unpaired) electrons. The van der Waals surface area contributed by atoms with Crippen LogP contribution in [0, 0.1) is 34.3 Å². The van der Waals surface area contributed by atoms with Gasteiger partial charge in [-0.15, -0.1) is 0 Å². The molecule has 118 valence electrons. The number of nitro benzene ring substituents is 1. The molecule has 5 nitrogen and oxygen atoms in total. The maximum Gasteiger partial charge on any atom is 0.274 e. The van der Waals surface area contributed by atoms with Gasteiger partial charge in [-0.2, -0.15) is 0 Å². The summed E-state index contributed by atoms with van der Waals surface area (Å²) in [7, 11) is 0. The third-order valence-electron chi connectivity index (χ3n) is 4.47. The monoisotopic (exact) mass is 302 g/mol. The molecule has 0 spiro atoms. The van der Waals surface area contributed by atoms with Crippen molar-refractivity contribution in [3.63, 3.8) is 0 Å². The van der Waals surface area contributed by atoms with Crippen LogP contribution in [0.1, 0.15) is 33.3 Å². The zero-order valence-electron chi connectivity index (χ0n) is 13.6. The summed E-state index contributed by atoms with van der Waals surface area (Å²) in [5.74, 6) is 0.0497.